The first-order valence-corrected chi connectivity index (χ1v) is 9.43. The van der Waals surface area contributed by atoms with Gasteiger partial charge in [0.2, 0.25) is 11.7 Å². The van der Waals surface area contributed by atoms with E-state index in [1.165, 1.54) is 4.88 Å². The number of amides is 1. The lowest BCUT2D eigenvalue weighted by atomic mass is 9.93. The third-order valence-corrected chi connectivity index (χ3v) is 5.56. The maximum Gasteiger partial charge on any atom is 0.230 e. The van der Waals surface area contributed by atoms with E-state index in [0.29, 0.717) is 28.3 Å². The fourth-order valence-electron chi connectivity index (χ4n) is 3.18. The van der Waals surface area contributed by atoms with Crippen LogP contribution in [-0.4, -0.2) is 32.2 Å². The molecule has 0 aliphatic heterocycles. The maximum atomic E-state index is 12.5. The number of benzene rings is 1. The first-order chi connectivity index (χ1) is 12.5. The molecule has 1 aliphatic carbocycles. The molecule has 1 atom stereocenters. The van der Waals surface area contributed by atoms with Gasteiger partial charge in [-0.05, 0) is 42.9 Å². The number of methoxy groups -OCH3 is 3. The summed E-state index contributed by atoms with van der Waals surface area (Å²) in [4.78, 5) is 18.3. The topological polar surface area (TPSA) is 69.7 Å². The van der Waals surface area contributed by atoms with Crippen LogP contribution in [0, 0.1) is 5.92 Å². The monoisotopic (exact) mass is 376 g/mol. The van der Waals surface area contributed by atoms with Crippen molar-refractivity contribution in [2.24, 2.45) is 5.92 Å². The number of aromatic nitrogens is 1. The van der Waals surface area contributed by atoms with E-state index < -0.39 is 0 Å². The smallest absolute Gasteiger partial charge is 0.230 e. The fraction of sp³-hybridized carbons (Fsp3) is 0.474. The van der Waals surface area contributed by atoms with Crippen LogP contribution in [0.15, 0.2) is 12.1 Å². The average molecular weight is 376 g/mol. The normalized spacial score (nSPS) is 15.9. The Bertz CT molecular complexity index is 778. The Kier molecular flexibility index (Phi) is 5.66. The highest BCUT2D eigenvalue weighted by Crippen LogP contribution is 2.38. The standard InChI is InChI=1S/C19H24N2O4S/c1-11-5-6-13-16(7-11)26-19(20-13)21-17(22)10-12-8-14(23-2)18(25-4)15(9-12)24-3/h8-9,11H,5-7,10H2,1-4H3,(H,20,21,22)/t11-/m0/s1. The van der Waals surface area contributed by atoms with Crippen LogP contribution in [-0.2, 0) is 24.1 Å². The van der Waals surface area contributed by atoms with Crippen LogP contribution in [0.1, 0.15) is 29.5 Å². The van der Waals surface area contributed by atoms with Gasteiger partial charge < -0.3 is 19.5 Å². The number of fused-ring (bicyclic) bond motifs is 1. The van der Waals surface area contributed by atoms with E-state index in [4.69, 9.17) is 14.2 Å². The number of nitrogens with one attached hydrogen (secondary N) is 1. The Morgan fingerprint density at radius 1 is 1.23 bits per heavy atom. The second-order valence-electron chi connectivity index (χ2n) is 6.50. The quantitative estimate of drug-likeness (QED) is 0.836. The largest absolute Gasteiger partial charge is 0.493 e. The highest BCUT2D eigenvalue weighted by Gasteiger charge is 2.21. The molecule has 0 radical (unpaired) electrons. The number of anilines is 1. The molecule has 7 heteroatoms. The molecule has 0 unspecified atom stereocenters. The minimum atomic E-state index is -0.113. The predicted molar refractivity (Wildman–Crippen MR) is 102 cm³/mol. The predicted octanol–water partition coefficient (Wildman–Crippen LogP) is 3.47. The SMILES string of the molecule is COc1cc(CC(=O)Nc2nc3c(s2)C[C@@H](C)CC3)cc(OC)c1OC. The minimum Gasteiger partial charge on any atom is -0.493 e. The molecule has 1 heterocycles. The fourth-order valence-corrected chi connectivity index (χ4v) is 4.37. The van der Waals surface area contributed by atoms with E-state index in [2.05, 4.69) is 17.2 Å². The van der Waals surface area contributed by atoms with Gasteiger partial charge in [0.05, 0.1) is 33.4 Å². The number of thiazole rings is 1. The van der Waals surface area contributed by atoms with Crippen molar-refractivity contribution in [3.05, 3.63) is 28.3 Å². The highest BCUT2D eigenvalue weighted by atomic mass is 32.1. The number of hydrogen-bond acceptors (Lipinski definition) is 6. The number of carbonyl (C=O) groups is 1. The van der Waals surface area contributed by atoms with Crippen LogP contribution >= 0.6 is 11.3 Å². The van der Waals surface area contributed by atoms with Crippen LogP contribution in [0.25, 0.3) is 0 Å². The van der Waals surface area contributed by atoms with E-state index in [1.807, 2.05) is 0 Å². The Balaban J connectivity index is 1.72. The molecular formula is C19H24N2O4S. The molecule has 0 saturated heterocycles. The Hall–Kier alpha value is -2.28. The third kappa shape index (κ3) is 3.93. The molecule has 1 N–H and O–H groups in total. The first kappa shape index (κ1) is 18.5. The van der Waals surface area contributed by atoms with Crippen molar-refractivity contribution in [3.63, 3.8) is 0 Å². The molecule has 0 saturated carbocycles. The zero-order valence-corrected chi connectivity index (χ0v) is 16.4. The van der Waals surface area contributed by atoms with Crippen molar-refractivity contribution in [3.8, 4) is 17.2 Å². The van der Waals surface area contributed by atoms with E-state index >= 15 is 0 Å². The van der Waals surface area contributed by atoms with Gasteiger partial charge in [0.25, 0.3) is 0 Å². The average Bonchev–Trinajstić information content (AvgIpc) is 3.01. The molecular weight excluding hydrogens is 352 g/mol. The molecule has 1 aliphatic rings. The molecule has 6 nitrogen and oxygen atoms in total. The lowest BCUT2D eigenvalue weighted by Crippen LogP contribution is -2.14. The second-order valence-corrected chi connectivity index (χ2v) is 7.58. The molecule has 1 aromatic heterocycles. The molecule has 0 fully saturated rings. The van der Waals surface area contributed by atoms with Crippen LogP contribution in [0.5, 0.6) is 17.2 Å². The van der Waals surface area contributed by atoms with Gasteiger partial charge in [0.1, 0.15) is 0 Å². The van der Waals surface area contributed by atoms with Crippen LogP contribution < -0.4 is 19.5 Å². The van der Waals surface area contributed by atoms with Gasteiger partial charge in [-0.2, -0.15) is 0 Å². The summed E-state index contributed by atoms with van der Waals surface area (Å²) in [7, 11) is 4.67. The van der Waals surface area contributed by atoms with Crippen molar-refractivity contribution in [2.45, 2.75) is 32.6 Å². The zero-order chi connectivity index (χ0) is 18.7. The summed E-state index contributed by atoms with van der Waals surface area (Å²) < 4.78 is 16.0. The summed E-state index contributed by atoms with van der Waals surface area (Å²) in [5, 5.41) is 3.60. The molecule has 2 aromatic rings. The molecule has 1 aromatic carbocycles. The van der Waals surface area contributed by atoms with Crippen molar-refractivity contribution in [2.75, 3.05) is 26.6 Å². The van der Waals surface area contributed by atoms with E-state index in [-0.39, 0.29) is 12.3 Å². The summed E-state index contributed by atoms with van der Waals surface area (Å²) in [6.45, 7) is 2.26. The number of nitrogens with zero attached hydrogens (tertiary/aromatic N) is 1. The van der Waals surface area contributed by atoms with Crippen LogP contribution in [0.2, 0.25) is 0 Å². The van der Waals surface area contributed by atoms with Gasteiger partial charge in [-0.15, -0.1) is 11.3 Å². The van der Waals surface area contributed by atoms with Crippen molar-refractivity contribution >= 4 is 22.4 Å². The Morgan fingerprint density at radius 3 is 2.54 bits per heavy atom. The Labute approximate surface area is 157 Å². The van der Waals surface area contributed by atoms with E-state index in [0.717, 1.165) is 30.5 Å². The van der Waals surface area contributed by atoms with Gasteiger partial charge in [-0.1, -0.05) is 6.92 Å². The third-order valence-electron chi connectivity index (χ3n) is 4.52. The first-order valence-electron chi connectivity index (χ1n) is 8.61. The maximum absolute atomic E-state index is 12.5. The number of ether oxygens (including phenoxy) is 3. The molecule has 3 rings (SSSR count). The van der Waals surface area contributed by atoms with Gasteiger partial charge in [-0.3, -0.25) is 4.79 Å². The van der Waals surface area contributed by atoms with Gasteiger partial charge >= 0.3 is 0 Å². The van der Waals surface area contributed by atoms with Gasteiger partial charge in [0.15, 0.2) is 16.6 Å². The summed E-state index contributed by atoms with van der Waals surface area (Å²) in [6.07, 6.45) is 3.42. The highest BCUT2D eigenvalue weighted by molar-refractivity contribution is 7.15. The minimum absolute atomic E-state index is 0.113. The number of carbonyl (C=O) groups excluding carboxylic acids is 1. The number of aryl methyl sites for hydroxylation is 1. The molecule has 0 bridgehead atoms. The number of hydrogen-bond donors (Lipinski definition) is 1. The molecule has 1 amide bonds. The van der Waals surface area contributed by atoms with Crippen molar-refractivity contribution < 1.29 is 19.0 Å². The van der Waals surface area contributed by atoms with Gasteiger partial charge in [-0.25, -0.2) is 4.98 Å². The molecule has 26 heavy (non-hydrogen) atoms. The molecule has 140 valence electrons. The lowest BCUT2D eigenvalue weighted by Gasteiger charge is -2.15. The van der Waals surface area contributed by atoms with E-state index in [9.17, 15) is 4.79 Å². The summed E-state index contributed by atoms with van der Waals surface area (Å²) in [6, 6.07) is 3.57. The van der Waals surface area contributed by atoms with Crippen molar-refractivity contribution in [1.29, 1.82) is 0 Å². The Morgan fingerprint density at radius 2 is 1.92 bits per heavy atom. The van der Waals surface area contributed by atoms with Crippen LogP contribution in [0.3, 0.4) is 0 Å². The van der Waals surface area contributed by atoms with Crippen LogP contribution in [0.4, 0.5) is 5.13 Å². The lowest BCUT2D eigenvalue weighted by molar-refractivity contribution is -0.115. The number of rotatable bonds is 6. The van der Waals surface area contributed by atoms with E-state index in [1.54, 1.807) is 44.8 Å². The second kappa shape index (κ2) is 7.95. The molecule has 0 spiro atoms. The van der Waals surface area contributed by atoms with Gasteiger partial charge in [0, 0.05) is 4.88 Å². The summed E-state index contributed by atoms with van der Waals surface area (Å²) in [5.74, 6) is 2.16. The van der Waals surface area contributed by atoms with Crippen molar-refractivity contribution in [1.82, 2.24) is 4.98 Å². The zero-order valence-electron chi connectivity index (χ0n) is 15.5. The summed E-state index contributed by atoms with van der Waals surface area (Å²) >= 11 is 1.59. The summed E-state index contributed by atoms with van der Waals surface area (Å²) in [5.41, 5.74) is 1.92.